The summed E-state index contributed by atoms with van der Waals surface area (Å²) in [5.41, 5.74) is 0.491. The van der Waals surface area contributed by atoms with Gasteiger partial charge in [-0.1, -0.05) is 11.6 Å². The molecular formula is C13H18Cl2N4O2S. The third kappa shape index (κ3) is 2.83. The summed E-state index contributed by atoms with van der Waals surface area (Å²) >= 11 is 6.16. The second kappa shape index (κ2) is 6.72. The van der Waals surface area contributed by atoms with E-state index in [9.17, 15) is 8.42 Å². The van der Waals surface area contributed by atoms with Crippen LogP contribution in [0.15, 0.2) is 23.4 Å². The molecule has 1 aliphatic heterocycles. The molecule has 3 heterocycles. The molecule has 1 saturated heterocycles. The minimum absolute atomic E-state index is 0. The zero-order valence-corrected chi connectivity index (χ0v) is 14.4. The van der Waals surface area contributed by atoms with Crippen molar-refractivity contribution < 1.29 is 8.42 Å². The van der Waals surface area contributed by atoms with Crippen LogP contribution >= 0.6 is 24.0 Å². The molecular weight excluding hydrogens is 347 g/mol. The SMILES string of the molecule is CNCC1CCCN1S(=O)(=O)c1c[nH]c2nccc(Cl)c12.Cl. The molecule has 1 unspecified atom stereocenters. The Labute approximate surface area is 140 Å². The number of nitrogens with one attached hydrogen (secondary N) is 2. The zero-order valence-electron chi connectivity index (χ0n) is 12.0. The van der Waals surface area contributed by atoms with E-state index in [1.165, 1.54) is 6.20 Å². The smallest absolute Gasteiger partial charge is 0.245 e. The van der Waals surface area contributed by atoms with Gasteiger partial charge in [0.15, 0.2) is 0 Å². The molecule has 0 bridgehead atoms. The number of rotatable bonds is 4. The average Bonchev–Trinajstić information content (AvgIpc) is 3.06. The van der Waals surface area contributed by atoms with Crippen molar-refractivity contribution in [2.75, 3.05) is 20.1 Å². The van der Waals surface area contributed by atoms with Gasteiger partial charge in [0, 0.05) is 31.5 Å². The molecule has 2 aromatic rings. The van der Waals surface area contributed by atoms with Gasteiger partial charge in [0.2, 0.25) is 10.0 Å². The summed E-state index contributed by atoms with van der Waals surface area (Å²) < 4.78 is 27.4. The van der Waals surface area contributed by atoms with Gasteiger partial charge in [0.1, 0.15) is 10.5 Å². The fraction of sp³-hybridized carbons (Fsp3) is 0.462. The van der Waals surface area contributed by atoms with Crippen LogP contribution in [0.4, 0.5) is 0 Å². The molecule has 0 radical (unpaired) electrons. The summed E-state index contributed by atoms with van der Waals surface area (Å²) in [6.07, 6.45) is 4.78. The number of hydrogen-bond acceptors (Lipinski definition) is 4. The predicted octanol–water partition coefficient (Wildman–Crippen LogP) is 2.01. The molecule has 1 fully saturated rings. The van der Waals surface area contributed by atoms with Crippen molar-refractivity contribution in [3.8, 4) is 0 Å². The largest absolute Gasteiger partial charge is 0.345 e. The maximum atomic E-state index is 12.9. The summed E-state index contributed by atoms with van der Waals surface area (Å²) in [5.74, 6) is 0. The van der Waals surface area contributed by atoms with Gasteiger partial charge in [-0.2, -0.15) is 4.31 Å². The number of likely N-dealkylation sites (N-methyl/N-ethyl adjacent to an activating group) is 1. The van der Waals surface area contributed by atoms with Crippen LogP contribution in [-0.4, -0.2) is 48.9 Å². The van der Waals surface area contributed by atoms with Crippen molar-refractivity contribution >= 4 is 45.1 Å². The highest BCUT2D eigenvalue weighted by Crippen LogP contribution is 2.33. The van der Waals surface area contributed by atoms with Gasteiger partial charge >= 0.3 is 0 Å². The molecule has 2 aromatic heterocycles. The summed E-state index contributed by atoms with van der Waals surface area (Å²) in [6, 6.07) is 1.59. The minimum Gasteiger partial charge on any atom is -0.345 e. The molecule has 0 spiro atoms. The van der Waals surface area contributed by atoms with Crippen LogP contribution in [0.3, 0.4) is 0 Å². The minimum atomic E-state index is -3.58. The zero-order chi connectivity index (χ0) is 15.0. The van der Waals surface area contributed by atoms with Crippen LogP contribution in [0.25, 0.3) is 11.0 Å². The van der Waals surface area contributed by atoms with E-state index in [2.05, 4.69) is 15.3 Å². The maximum Gasteiger partial charge on any atom is 0.245 e. The van der Waals surface area contributed by atoms with Gasteiger partial charge < -0.3 is 10.3 Å². The van der Waals surface area contributed by atoms with E-state index >= 15 is 0 Å². The van der Waals surface area contributed by atoms with E-state index in [4.69, 9.17) is 11.6 Å². The van der Waals surface area contributed by atoms with Crippen LogP contribution in [0.5, 0.6) is 0 Å². The van der Waals surface area contributed by atoms with Crippen molar-refractivity contribution in [3.05, 3.63) is 23.5 Å². The maximum absolute atomic E-state index is 12.9. The Morgan fingerprint density at radius 2 is 2.32 bits per heavy atom. The molecule has 0 amide bonds. The fourth-order valence-electron chi connectivity index (χ4n) is 2.88. The average molecular weight is 365 g/mol. The van der Waals surface area contributed by atoms with Crippen LogP contribution in [0, 0.1) is 0 Å². The number of hydrogen-bond donors (Lipinski definition) is 2. The van der Waals surface area contributed by atoms with Crippen molar-refractivity contribution in [1.29, 1.82) is 0 Å². The lowest BCUT2D eigenvalue weighted by atomic mass is 10.2. The van der Waals surface area contributed by atoms with E-state index in [0.29, 0.717) is 29.1 Å². The van der Waals surface area contributed by atoms with Crippen LogP contribution in [0.2, 0.25) is 5.02 Å². The van der Waals surface area contributed by atoms with Crippen molar-refractivity contribution in [2.24, 2.45) is 0 Å². The monoisotopic (exact) mass is 364 g/mol. The number of fused-ring (bicyclic) bond motifs is 1. The molecule has 3 rings (SSSR count). The number of halogens is 2. The van der Waals surface area contributed by atoms with Gasteiger partial charge in [-0.25, -0.2) is 13.4 Å². The summed E-state index contributed by atoms with van der Waals surface area (Å²) in [6.45, 7) is 1.19. The predicted molar refractivity (Wildman–Crippen MR) is 89.2 cm³/mol. The molecule has 0 aliphatic carbocycles. The Morgan fingerprint density at radius 3 is 3.05 bits per heavy atom. The third-order valence-corrected chi connectivity index (χ3v) is 6.13. The van der Waals surface area contributed by atoms with E-state index < -0.39 is 10.0 Å². The Balaban J connectivity index is 0.00000176. The van der Waals surface area contributed by atoms with Crippen LogP contribution in [-0.2, 0) is 10.0 Å². The van der Waals surface area contributed by atoms with E-state index in [-0.39, 0.29) is 23.3 Å². The number of sulfonamides is 1. The number of pyridine rings is 1. The lowest BCUT2D eigenvalue weighted by Crippen LogP contribution is -2.40. The molecule has 6 nitrogen and oxygen atoms in total. The second-order valence-electron chi connectivity index (χ2n) is 5.14. The number of H-pyrrole nitrogens is 1. The molecule has 1 atom stereocenters. The fourth-order valence-corrected chi connectivity index (χ4v) is 5.05. The Hall–Kier alpha value is -0.860. The molecule has 1 aliphatic rings. The molecule has 2 N–H and O–H groups in total. The molecule has 122 valence electrons. The van der Waals surface area contributed by atoms with Gasteiger partial charge in [-0.3, -0.25) is 0 Å². The van der Waals surface area contributed by atoms with E-state index in [0.717, 1.165) is 12.8 Å². The quantitative estimate of drug-likeness (QED) is 0.869. The van der Waals surface area contributed by atoms with Crippen LogP contribution in [0.1, 0.15) is 12.8 Å². The topological polar surface area (TPSA) is 78.1 Å². The number of aromatic amines is 1. The van der Waals surface area contributed by atoms with Crippen molar-refractivity contribution in [2.45, 2.75) is 23.8 Å². The first kappa shape index (κ1) is 17.5. The lowest BCUT2D eigenvalue weighted by molar-refractivity contribution is 0.379. The third-order valence-electron chi connectivity index (χ3n) is 3.84. The van der Waals surface area contributed by atoms with Gasteiger partial charge in [-0.15, -0.1) is 12.4 Å². The normalized spacial score (nSPS) is 19.5. The van der Waals surface area contributed by atoms with Gasteiger partial charge in [-0.05, 0) is 26.0 Å². The summed E-state index contributed by atoms with van der Waals surface area (Å²) in [5, 5.41) is 3.91. The highest BCUT2D eigenvalue weighted by Gasteiger charge is 2.36. The first-order valence-electron chi connectivity index (χ1n) is 6.83. The summed E-state index contributed by atoms with van der Waals surface area (Å²) in [4.78, 5) is 7.22. The van der Waals surface area contributed by atoms with Gasteiger partial charge in [0.25, 0.3) is 0 Å². The Morgan fingerprint density at radius 1 is 1.55 bits per heavy atom. The standard InChI is InChI=1S/C13H17ClN4O2S.ClH/c1-15-7-9-3-2-6-18(9)21(19,20)11-8-17-13-12(11)10(14)4-5-16-13;/h4-5,8-9,15H,2-3,6-7H2,1H3,(H,16,17);1H. The number of nitrogens with zero attached hydrogens (tertiary/aromatic N) is 2. The molecule has 22 heavy (non-hydrogen) atoms. The Kier molecular flexibility index (Phi) is 5.34. The highest BCUT2D eigenvalue weighted by atomic mass is 35.5. The van der Waals surface area contributed by atoms with Gasteiger partial charge in [0.05, 0.1) is 10.4 Å². The van der Waals surface area contributed by atoms with E-state index in [1.807, 2.05) is 7.05 Å². The van der Waals surface area contributed by atoms with Crippen molar-refractivity contribution in [1.82, 2.24) is 19.6 Å². The highest BCUT2D eigenvalue weighted by molar-refractivity contribution is 7.89. The first-order chi connectivity index (χ1) is 10.1. The molecule has 9 heteroatoms. The van der Waals surface area contributed by atoms with Crippen molar-refractivity contribution in [3.63, 3.8) is 0 Å². The second-order valence-corrected chi connectivity index (χ2v) is 7.40. The lowest BCUT2D eigenvalue weighted by Gasteiger charge is -2.23. The van der Waals surface area contributed by atoms with Crippen LogP contribution < -0.4 is 5.32 Å². The first-order valence-corrected chi connectivity index (χ1v) is 8.65. The molecule has 0 aromatic carbocycles. The summed E-state index contributed by atoms with van der Waals surface area (Å²) in [7, 11) is -1.75. The van der Waals surface area contributed by atoms with E-state index in [1.54, 1.807) is 16.6 Å². The number of aromatic nitrogens is 2. The Bertz CT molecular complexity index is 762. The molecule has 0 saturated carbocycles.